The molecule has 1 aromatic rings. The summed E-state index contributed by atoms with van der Waals surface area (Å²) in [5.74, 6) is 1.40. The number of carbonyl (C=O) groups excluding carboxylic acids is 1. The number of hydrogen-bond acceptors (Lipinski definition) is 6. The van der Waals surface area contributed by atoms with Crippen LogP contribution in [0.15, 0.2) is 5.38 Å². The molecule has 1 aromatic heterocycles. The molecule has 1 saturated carbocycles. The summed E-state index contributed by atoms with van der Waals surface area (Å²) in [6.07, 6.45) is 9.16. The van der Waals surface area contributed by atoms with Crippen LogP contribution in [0.5, 0.6) is 0 Å². The molecule has 0 aromatic carbocycles. The molecule has 3 fully saturated rings. The number of carbonyl (C=O) groups is 1. The molecule has 0 amide bonds. The Kier molecular flexibility index (Phi) is 6.58. The first-order valence-corrected chi connectivity index (χ1v) is 11.5. The lowest BCUT2D eigenvalue weighted by Crippen LogP contribution is -2.41. The van der Waals surface area contributed by atoms with Gasteiger partial charge in [0, 0.05) is 37.6 Å². The summed E-state index contributed by atoms with van der Waals surface area (Å²) in [6.45, 7) is 3.17. The van der Waals surface area contributed by atoms with Crippen molar-refractivity contribution < 1.29 is 14.6 Å². The lowest BCUT2D eigenvalue weighted by atomic mass is 9.87. The molecule has 2 aliphatic heterocycles. The molecule has 0 bridgehead atoms. The molecule has 6 heteroatoms. The van der Waals surface area contributed by atoms with Gasteiger partial charge >= 0.3 is 0 Å². The van der Waals surface area contributed by atoms with Crippen molar-refractivity contribution in [3.63, 3.8) is 0 Å². The predicted octanol–water partition coefficient (Wildman–Crippen LogP) is 3.16. The molecule has 4 rings (SSSR count). The number of aromatic nitrogens is 1. The van der Waals surface area contributed by atoms with E-state index in [1.807, 2.05) is 0 Å². The number of likely N-dealkylation sites (tertiary alicyclic amines) is 1. The van der Waals surface area contributed by atoms with Crippen LogP contribution in [0.4, 0.5) is 0 Å². The normalized spacial score (nSPS) is 28.6. The Hall–Kier alpha value is -0.820. The van der Waals surface area contributed by atoms with E-state index in [1.165, 1.54) is 37.8 Å². The number of hydrogen-bond donors (Lipinski definition) is 1. The van der Waals surface area contributed by atoms with Gasteiger partial charge in [0.15, 0.2) is 5.78 Å². The summed E-state index contributed by atoms with van der Waals surface area (Å²) in [6, 6.07) is -0.148. The minimum atomic E-state index is -0.382. The van der Waals surface area contributed by atoms with Gasteiger partial charge in [-0.3, -0.25) is 9.69 Å². The van der Waals surface area contributed by atoms with E-state index in [4.69, 9.17) is 9.72 Å². The molecular weight excluding hydrogens is 360 g/mol. The smallest absolute Gasteiger partial charge is 0.156 e. The number of aliphatic hydroxyl groups is 1. The van der Waals surface area contributed by atoms with Gasteiger partial charge in [0.05, 0.1) is 24.3 Å². The minimum Gasteiger partial charge on any atom is -0.392 e. The van der Waals surface area contributed by atoms with Crippen LogP contribution < -0.4 is 0 Å². The maximum Gasteiger partial charge on any atom is 0.156 e. The quantitative estimate of drug-likeness (QED) is 0.806. The zero-order valence-corrected chi connectivity index (χ0v) is 17.0. The first-order valence-electron chi connectivity index (χ1n) is 10.7. The second-order valence-corrected chi connectivity index (χ2v) is 9.50. The highest BCUT2D eigenvalue weighted by Gasteiger charge is 2.37. The molecule has 0 spiro atoms. The third kappa shape index (κ3) is 4.97. The summed E-state index contributed by atoms with van der Waals surface area (Å²) in [5.41, 5.74) is 1.20. The fourth-order valence-corrected chi connectivity index (χ4v) is 5.82. The van der Waals surface area contributed by atoms with Gasteiger partial charge in [-0.05, 0) is 38.0 Å². The zero-order valence-electron chi connectivity index (χ0n) is 16.1. The summed E-state index contributed by atoms with van der Waals surface area (Å²) in [5, 5.41) is 13.3. The summed E-state index contributed by atoms with van der Waals surface area (Å²) in [7, 11) is 0. The zero-order chi connectivity index (χ0) is 18.6. The summed E-state index contributed by atoms with van der Waals surface area (Å²) < 4.78 is 5.45. The molecule has 2 saturated heterocycles. The van der Waals surface area contributed by atoms with E-state index in [0.717, 1.165) is 37.6 Å². The first-order chi connectivity index (χ1) is 13.2. The van der Waals surface area contributed by atoms with Gasteiger partial charge in [-0.2, -0.15) is 0 Å². The third-order valence-electron chi connectivity index (χ3n) is 6.51. The van der Waals surface area contributed by atoms with E-state index in [1.54, 1.807) is 11.3 Å². The van der Waals surface area contributed by atoms with Gasteiger partial charge < -0.3 is 9.84 Å². The third-order valence-corrected chi connectivity index (χ3v) is 7.37. The highest BCUT2D eigenvalue weighted by Crippen LogP contribution is 2.33. The second-order valence-electron chi connectivity index (χ2n) is 8.56. The lowest BCUT2D eigenvalue weighted by Gasteiger charge is -2.30. The Labute approximate surface area is 166 Å². The Morgan fingerprint density at radius 3 is 2.78 bits per heavy atom. The molecule has 27 heavy (non-hydrogen) atoms. The van der Waals surface area contributed by atoms with E-state index in [2.05, 4.69) is 10.3 Å². The fourth-order valence-electron chi connectivity index (χ4n) is 4.94. The van der Waals surface area contributed by atoms with E-state index < -0.39 is 0 Å². The van der Waals surface area contributed by atoms with Crippen LogP contribution in [0.1, 0.15) is 68.0 Å². The SMILES string of the molecule is O=C(Cc1nc(C2CCCCC2)cs1)[C@@H]1C[C@H](O)CN1CC1CCOCC1. The molecule has 0 unspecified atom stereocenters. The van der Waals surface area contributed by atoms with Crippen molar-refractivity contribution in [3.05, 3.63) is 16.1 Å². The highest BCUT2D eigenvalue weighted by atomic mass is 32.1. The van der Waals surface area contributed by atoms with Crippen LogP contribution >= 0.6 is 11.3 Å². The van der Waals surface area contributed by atoms with Crippen molar-refractivity contribution in [2.75, 3.05) is 26.3 Å². The Morgan fingerprint density at radius 1 is 1.22 bits per heavy atom. The Balaban J connectivity index is 1.35. The van der Waals surface area contributed by atoms with Crippen molar-refractivity contribution in [2.24, 2.45) is 5.92 Å². The van der Waals surface area contributed by atoms with E-state index in [0.29, 0.717) is 31.2 Å². The molecule has 1 N–H and O–H groups in total. The van der Waals surface area contributed by atoms with Gasteiger partial charge in [-0.25, -0.2) is 4.98 Å². The number of aliphatic hydroxyl groups excluding tert-OH is 1. The molecule has 150 valence electrons. The van der Waals surface area contributed by atoms with Crippen molar-refractivity contribution in [2.45, 2.75) is 75.9 Å². The number of ether oxygens (including phenoxy) is 1. The van der Waals surface area contributed by atoms with E-state index in [9.17, 15) is 9.90 Å². The molecule has 3 aliphatic rings. The fraction of sp³-hybridized carbons (Fsp3) is 0.810. The van der Waals surface area contributed by atoms with Crippen LogP contribution in [0.3, 0.4) is 0 Å². The van der Waals surface area contributed by atoms with Crippen LogP contribution in [-0.4, -0.2) is 59.2 Å². The van der Waals surface area contributed by atoms with Crippen LogP contribution in [0.2, 0.25) is 0 Å². The first kappa shape index (κ1) is 19.5. The summed E-state index contributed by atoms with van der Waals surface area (Å²) >= 11 is 1.64. The minimum absolute atomic E-state index is 0.148. The van der Waals surface area contributed by atoms with Crippen molar-refractivity contribution in [1.82, 2.24) is 9.88 Å². The topological polar surface area (TPSA) is 62.7 Å². The van der Waals surface area contributed by atoms with Crippen LogP contribution in [-0.2, 0) is 16.0 Å². The molecular formula is C21H32N2O3S. The number of rotatable bonds is 6. The molecule has 2 atom stereocenters. The molecule has 5 nitrogen and oxygen atoms in total. The second kappa shape index (κ2) is 9.12. The molecule has 0 radical (unpaired) electrons. The number of ketones is 1. The van der Waals surface area contributed by atoms with Gasteiger partial charge in [0.25, 0.3) is 0 Å². The van der Waals surface area contributed by atoms with Crippen molar-refractivity contribution in [1.29, 1.82) is 0 Å². The van der Waals surface area contributed by atoms with E-state index >= 15 is 0 Å². The van der Waals surface area contributed by atoms with E-state index in [-0.39, 0.29) is 17.9 Å². The Bertz CT molecular complexity index is 623. The predicted molar refractivity (Wildman–Crippen MR) is 106 cm³/mol. The standard InChI is InChI=1S/C21H32N2O3S/c24-17-10-19(23(13-17)12-15-6-8-26-9-7-15)20(25)11-21-22-18(14-27-21)16-4-2-1-3-5-16/h14-17,19,24H,1-13H2/t17-,19-/m0/s1. The maximum absolute atomic E-state index is 13.0. The molecule has 1 aliphatic carbocycles. The van der Waals surface area contributed by atoms with Gasteiger partial charge in [-0.1, -0.05) is 19.3 Å². The highest BCUT2D eigenvalue weighted by molar-refractivity contribution is 7.09. The average Bonchev–Trinajstić information content (AvgIpc) is 3.30. The van der Waals surface area contributed by atoms with Crippen molar-refractivity contribution >= 4 is 17.1 Å². The largest absolute Gasteiger partial charge is 0.392 e. The maximum atomic E-state index is 13.0. The van der Waals surface area contributed by atoms with Crippen LogP contribution in [0.25, 0.3) is 0 Å². The molecule has 3 heterocycles. The number of thiazole rings is 1. The van der Waals surface area contributed by atoms with Crippen molar-refractivity contribution in [3.8, 4) is 0 Å². The average molecular weight is 393 g/mol. The van der Waals surface area contributed by atoms with Crippen LogP contribution in [0, 0.1) is 5.92 Å². The van der Waals surface area contributed by atoms with Gasteiger partial charge in [0.1, 0.15) is 5.01 Å². The monoisotopic (exact) mass is 392 g/mol. The summed E-state index contributed by atoms with van der Waals surface area (Å²) in [4.78, 5) is 20.0. The lowest BCUT2D eigenvalue weighted by molar-refractivity contribution is -0.123. The Morgan fingerprint density at radius 2 is 2.00 bits per heavy atom. The number of Topliss-reactive ketones (excluding diaryl/α,β-unsaturated/α-hetero) is 1. The van der Waals surface area contributed by atoms with Gasteiger partial charge in [-0.15, -0.1) is 11.3 Å². The number of β-amino-alcohol motifs (C(OH)–C–C–N with tert-alkyl or cyclic N) is 1. The number of nitrogens with zero attached hydrogens (tertiary/aromatic N) is 2. The van der Waals surface area contributed by atoms with Gasteiger partial charge in [0.2, 0.25) is 0 Å².